The molecule has 1 heterocycles. The number of hydrogen-bond donors (Lipinski definition) is 2. The second kappa shape index (κ2) is 8.82. The summed E-state index contributed by atoms with van der Waals surface area (Å²) in [5.74, 6) is -1.22. The van der Waals surface area contributed by atoms with Gasteiger partial charge in [0.1, 0.15) is 11.6 Å². The normalized spacial score (nSPS) is 15.8. The molecular weight excluding hydrogens is 364 g/mol. The van der Waals surface area contributed by atoms with E-state index in [0.29, 0.717) is 31.6 Å². The van der Waals surface area contributed by atoms with Crippen LogP contribution in [-0.2, 0) is 4.79 Å². The lowest BCUT2D eigenvalue weighted by atomic mass is 9.85. The second-order valence-electron chi connectivity index (χ2n) is 7.02. The maximum absolute atomic E-state index is 13.7. The van der Waals surface area contributed by atoms with Crippen LogP contribution in [0.15, 0.2) is 48.5 Å². The number of halogens is 2. The lowest BCUT2D eigenvalue weighted by molar-refractivity contribution is -0.121. The van der Waals surface area contributed by atoms with Gasteiger partial charge in [0.05, 0.1) is 5.69 Å². The molecule has 1 aliphatic rings. The standard InChI is InChI=1S/C21H23F2N3O2/c1-14(20(27)25-19-5-3-2-4-18(19)23)15-10-12-26(13-11-15)21(28)24-17-8-6-16(22)7-9-17/h2-9,14-15H,10-13H2,1H3,(H,24,28)(H,25,27). The number of nitrogens with one attached hydrogen (secondary N) is 2. The number of carbonyl (C=O) groups excluding carboxylic acids is 2. The number of likely N-dealkylation sites (tertiary alicyclic amines) is 1. The number of urea groups is 1. The van der Waals surface area contributed by atoms with Gasteiger partial charge in [0, 0.05) is 24.7 Å². The number of piperidine rings is 1. The van der Waals surface area contributed by atoms with Crippen molar-refractivity contribution in [3.8, 4) is 0 Å². The topological polar surface area (TPSA) is 61.4 Å². The van der Waals surface area contributed by atoms with Crippen LogP contribution >= 0.6 is 0 Å². The van der Waals surface area contributed by atoms with Crippen molar-refractivity contribution in [2.75, 3.05) is 23.7 Å². The van der Waals surface area contributed by atoms with Gasteiger partial charge in [-0.1, -0.05) is 19.1 Å². The number of nitrogens with zero attached hydrogens (tertiary/aromatic N) is 1. The predicted molar refractivity (Wildman–Crippen MR) is 104 cm³/mol. The summed E-state index contributed by atoms with van der Waals surface area (Å²) in [7, 11) is 0. The molecule has 0 saturated carbocycles. The molecule has 3 rings (SSSR count). The number of amides is 3. The molecule has 3 amide bonds. The summed E-state index contributed by atoms with van der Waals surface area (Å²) in [6, 6.07) is 11.4. The van der Waals surface area contributed by atoms with Crippen LogP contribution in [0, 0.1) is 23.5 Å². The Morgan fingerprint density at radius 3 is 2.29 bits per heavy atom. The average Bonchev–Trinajstić information content (AvgIpc) is 2.71. The highest BCUT2D eigenvalue weighted by Crippen LogP contribution is 2.27. The Morgan fingerprint density at radius 1 is 1.00 bits per heavy atom. The molecule has 5 nitrogen and oxygen atoms in total. The van der Waals surface area contributed by atoms with E-state index in [0.717, 1.165) is 0 Å². The first kappa shape index (κ1) is 19.8. The van der Waals surface area contributed by atoms with Crippen LogP contribution in [-0.4, -0.2) is 29.9 Å². The highest BCUT2D eigenvalue weighted by Gasteiger charge is 2.30. The molecule has 1 atom stereocenters. The first-order valence-corrected chi connectivity index (χ1v) is 9.31. The van der Waals surface area contributed by atoms with Gasteiger partial charge in [-0.2, -0.15) is 0 Å². The number of anilines is 2. The number of hydrogen-bond acceptors (Lipinski definition) is 2. The minimum absolute atomic E-state index is 0.113. The minimum atomic E-state index is -0.463. The number of benzene rings is 2. The Hall–Kier alpha value is -2.96. The summed E-state index contributed by atoms with van der Waals surface area (Å²) in [5, 5.41) is 5.38. The second-order valence-corrected chi connectivity index (χ2v) is 7.02. The van der Waals surface area contributed by atoms with Gasteiger partial charge < -0.3 is 15.5 Å². The van der Waals surface area contributed by atoms with Crippen molar-refractivity contribution in [3.63, 3.8) is 0 Å². The molecule has 1 fully saturated rings. The summed E-state index contributed by atoms with van der Waals surface area (Å²) >= 11 is 0. The van der Waals surface area contributed by atoms with E-state index in [1.807, 2.05) is 6.92 Å². The van der Waals surface area contributed by atoms with Crippen LogP contribution in [0.1, 0.15) is 19.8 Å². The van der Waals surface area contributed by atoms with Gasteiger partial charge in [0.25, 0.3) is 0 Å². The third kappa shape index (κ3) is 4.85. The van der Waals surface area contributed by atoms with Crippen molar-refractivity contribution in [2.45, 2.75) is 19.8 Å². The fourth-order valence-electron chi connectivity index (χ4n) is 3.36. The first-order valence-electron chi connectivity index (χ1n) is 9.31. The van der Waals surface area contributed by atoms with Crippen molar-refractivity contribution in [3.05, 3.63) is 60.2 Å². The van der Waals surface area contributed by atoms with Gasteiger partial charge in [-0.25, -0.2) is 13.6 Å². The van der Waals surface area contributed by atoms with E-state index in [1.165, 1.54) is 36.4 Å². The van der Waals surface area contributed by atoms with Gasteiger partial charge in [-0.15, -0.1) is 0 Å². The molecule has 0 aromatic heterocycles. The van der Waals surface area contributed by atoms with Crippen LogP contribution in [0.4, 0.5) is 25.0 Å². The van der Waals surface area contributed by atoms with Gasteiger partial charge in [0.15, 0.2) is 0 Å². The van der Waals surface area contributed by atoms with Crippen LogP contribution in [0.25, 0.3) is 0 Å². The van der Waals surface area contributed by atoms with Crippen LogP contribution in [0.3, 0.4) is 0 Å². The summed E-state index contributed by atoms with van der Waals surface area (Å²) in [4.78, 5) is 26.5. The average molecular weight is 387 g/mol. The SMILES string of the molecule is CC(C(=O)Nc1ccccc1F)C1CCN(C(=O)Nc2ccc(F)cc2)CC1. The molecule has 2 aromatic carbocycles. The lowest BCUT2D eigenvalue weighted by Gasteiger charge is -2.34. The summed E-state index contributed by atoms with van der Waals surface area (Å²) < 4.78 is 26.7. The molecule has 1 saturated heterocycles. The fourth-order valence-corrected chi connectivity index (χ4v) is 3.36. The van der Waals surface area contributed by atoms with E-state index in [1.54, 1.807) is 17.0 Å². The summed E-state index contributed by atoms with van der Waals surface area (Å²) in [6.07, 6.45) is 1.37. The van der Waals surface area contributed by atoms with Gasteiger partial charge in [-0.05, 0) is 55.2 Å². The molecule has 2 aromatic rings. The summed E-state index contributed by atoms with van der Waals surface area (Å²) in [6.45, 7) is 2.87. The number of carbonyl (C=O) groups is 2. The summed E-state index contributed by atoms with van der Waals surface area (Å²) in [5.41, 5.74) is 0.710. The van der Waals surface area contributed by atoms with E-state index < -0.39 is 5.82 Å². The number of rotatable bonds is 4. The van der Waals surface area contributed by atoms with Crippen molar-refractivity contribution in [1.82, 2.24) is 4.90 Å². The third-order valence-electron chi connectivity index (χ3n) is 5.17. The zero-order chi connectivity index (χ0) is 20.1. The van der Waals surface area contributed by atoms with E-state index in [4.69, 9.17) is 0 Å². The van der Waals surface area contributed by atoms with E-state index >= 15 is 0 Å². The predicted octanol–water partition coefficient (Wildman–Crippen LogP) is 4.48. The maximum atomic E-state index is 13.7. The number of para-hydroxylation sites is 1. The molecule has 0 bridgehead atoms. The van der Waals surface area contributed by atoms with Crippen molar-refractivity contribution < 1.29 is 18.4 Å². The van der Waals surface area contributed by atoms with Crippen LogP contribution < -0.4 is 10.6 Å². The third-order valence-corrected chi connectivity index (χ3v) is 5.17. The quantitative estimate of drug-likeness (QED) is 0.812. The molecule has 7 heteroatoms. The molecular formula is C21H23F2N3O2. The molecule has 0 radical (unpaired) electrons. The Balaban J connectivity index is 1.50. The zero-order valence-corrected chi connectivity index (χ0v) is 15.6. The van der Waals surface area contributed by atoms with Crippen molar-refractivity contribution in [2.24, 2.45) is 11.8 Å². The first-order chi connectivity index (χ1) is 13.4. The molecule has 1 aliphatic heterocycles. The lowest BCUT2D eigenvalue weighted by Crippen LogP contribution is -2.43. The van der Waals surface area contributed by atoms with Gasteiger partial charge in [0.2, 0.25) is 5.91 Å². The fraction of sp³-hybridized carbons (Fsp3) is 0.333. The minimum Gasteiger partial charge on any atom is -0.325 e. The van der Waals surface area contributed by atoms with Crippen molar-refractivity contribution in [1.29, 1.82) is 0 Å². The van der Waals surface area contributed by atoms with Crippen LogP contribution in [0.5, 0.6) is 0 Å². The van der Waals surface area contributed by atoms with E-state index in [-0.39, 0.29) is 35.3 Å². The molecule has 2 N–H and O–H groups in total. The highest BCUT2D eigenvalue weighted by atomic mass is 19.1. The monoisotopic (exact) mass is 387 g/mol. The maximum Gasteiger partial charge on any atom is 0.321 e. The molecule has 0 spiro atoms. The van der Waals surface area contributed by atoms with Crippen LogP contribution in [0.2, 0.25) is 0 Å². The molecule has 1 unspecified atom stereocenters. The Morgan fingerprint density at radius 2 is 1.64 bits per heavy atom. The molecule has 28 heavy (non-hydrogen) atoms. The highest BCUT2D eigenvalue weighted by molar-refractivity contribution is 5.92. The zero-order valence-electron chi connectivity index (χ0n) is 15.6. The smallest absolute Gasteiger partial charge is 0.321 e. The van der Waals surface area contributed by atoms with E-state index in [2.05, 4.69) is 10.6 Å². The van der Waals surface area contributed by atoms with Gasteiger partial charge >= 0.3 is 6.03 Å². The Bertz CT molecular complexity index is 834. The Kier molecular flexibility index (Phi) is 6.23. The van der Waals surface area contributed by atoms with Gasteiger partial charge in [-0.3, -0.25) is 4.79 Å². The molecule has 148 valence electrons. The molecule has 0 aliphatic carbocycles. The van der Waals surface area contributed by atoms with Crippen molar-refractivity contribution >= 4 is 23.3 Å². The van der Waals surface area contributed by atoms with E-state index in [9.17, 15) is 18.4 Å². The Labute approximate surface area is 162 Å². The largest absolute Gasteiger partial charge is 0.325 e.